The summed E-state index contributed by atoms with van der Waals surface area (Å²) >= 11 is 0. The van der Waals surface area contributed by atoms with Crippen molar-refractivity contribution in [3.05, 3.63) is 36.8 Å². The lowest BCUT2D eigenvalue weighted by molar-refractivity contribution is 0.376. The van der Waals surface area contributed by atoms with Crippen LogP contribution in [0.4, 0.5) is 0 Å². The average Bonchev–Trinajstić information content (AvgIpc) is 1.89. The average molecular weight is 125 g/mol. The van der Waals surface area contributed by atoms with E-state index in [1.54, 1.807) is 31.4 Å². The minimum Gasteiger partial charge on any atom is -0.495 e. The zero-order chi connectivity index (χ0) is 7.11. The Morgan fingerprint density at radius 3 is 2.67 bits per heavy atom. The van der Waals surface area contributed by atoms with Gasteiger partial charge in [-0.1, -0.05) is 24.8 Å². The van der Waals surface area contributed by atoms with Crippen LogP contribution in [0, 0.1) is 0 Å². The van der Waals surface area contributed by atoms with Gasteiger partial charge in [0.1, 0.15) is 0 Å². The van der Waals surface area contributed by atoms with Gasteiger partial charge in [0.25, 0.3) is 0 Å². The Balaban J connectivity index is 3.67. The molecule has 9 heavy (non-hydrogen) atoms. The SMILES string of the molecule is C=C/C=C\C=C(\O)NC. The molecule has 0 saturated carbocycles. The second-order valence-electron chi connectivity index (χ2n) is 1.42. The van der Waals surface area contributed by atoms with Gasteiger partial charge in [-0.2, -0.15) is 0 Å². The third-order valence-electron chi connectivity index (χ3n) is 0.757. The highest BCUT2D eigenvalue weighted by atomic mass is 16.3. The van der Waals surface area contributed by atoms with Crippen molar-refractivity contribution >= 4 is 0 Å². The lowest BCUT2D eigenvalue weighted by Crippen LogP contribution is -2.03. The summed E-state index contributed by atoms with van der Waals surface area (Å²) in [6, 6.07) is 0. The molecule has 0 radical (unpaired) electrons. The van der Waals surface area contributed by atoms with E-state index in [0.717, 1.165) is 0 Å². The lowest BCUT2D eigenvalue weighted by atomic mass is 10.4. The quantitative estimate of drug-likeness (QED) is 0.440. The van der Waals surface area contributed by atoms with Crippen LogP contribution in [0.3, 0.4) is 0 Å². The van der Waals surface area contributed by atoms with Crippen molar-refractivity contribution in [3.63, 3.8) is 0 Å². The zero-order valence-corrected chi connectivity index (χ0v) is 5.46. The molecule has 0 unspecified atom stereocenters. The molecule has 0 rings (SSSR count). The number of nitrogens with one attached hydrogen (secondary N) is 1. The standard InChI is InChI=1S/C7H11NO/c1-3-4-5-6-7(9)8-2/h3-6,8-9H,1H2,2H3/b5-4-,7-6+. The summed E-state index contributed by atoms with van der Waals surface area (Å²) in [6.07, 6.45) is 6.60. The minimum absolute atomic E-state index is 0.146. The van der Waals surface area contributed by atoms with Gasteiger partial charge < -0.3 is 10.4 Å². The van der Waals surface area contributed by atoms with Gasteiger partial charge in [-0.25, -0.2) is 0 Å². The molecule has 0 spiro atoms. The third kappa shape index (κ3) is 4.68. The number of aliphatic hydroxyl groups is 1. The van der Waals surface area contributed by atoms with Gasteiger partial charge in [0.15, 0.2) is 5.88 Å². The van der Waals surface area contributed by atoms with Crippen LogP contribution in [0.1, 0.15) is 0 Å². The molecule has 0 atom stereocenters. The van der Waals surface area contributed by atoms with Crippen molar-refractivity contribution in [2.45, 2.75) is 0 Å². The van der Waals surface area contributed by atoms with E-state index in [1.807, 2.05) is 0 Å². The van der Waals surface area contributed by atoms with Gasteiger partial charge in [-0.3, -0.25) is 0 Å². The van der Waals surface area contributed by atoms with Crippen LogP contribution < -0.4 is 5.32 Å². The highest BCUT2D eigenvalue weighted by molar-refractivity contribution is 5.10. The molecular formula is C7H11NO. The van der Waals surface area contributed by atoms with Gasteiger partial charge in [-0.05, 0) is 6.08 Å². The largest absolute Gasteiger partial charge is 0.495 e. The molecule has 0 aliphatic carbocycles. The third-order valence-corrected chi connectivity index (χ3v) is 0.757. The van der Waals surface area contributed by atoms with Crippen LogP contribution in [0.2, 0.25) is 0 Å². The van der Waals surface area contributed by atoms with Gasteiger partial charge in [0.05, 0.1) is 0 Å². The predicted molar refractivity (Wildman–Crippen MR) is 39.1 cm³/mol. The summed E-state index contributed by atoms with van der Waals surface area (Å²) in [7, 11) is 1.65. The summed E-state index contributed by atoms with van der Waals surface area (Å²) < 4.78 is 0. The fourth-order valence-corrected chi connectivity index (χ4v) is 0.309. The first kappa shape index (κ1) is 7.82. The molecule has 2 heteroatoms. The molecule has 2 nitrogen and oxygen atoms in total. The van der Waals surface area contributed by atoms with Gasteiger partial charge >= 0.3 is 0 Å². The Bertz CT molecular complexity index is 136. The topological polar surface area (TPSA) is 32.3 Å². The summed E-state index contributed by atoms with van der Waals surface area (Å²) in [5.41, 5.74) is 0. The van der Waals surface area contributed by atoms with E-state index < -0.39 is 0 Å². The van der Waals surface area contributed by atoms with E-state index in [4.69, 9.17) is 5.11 Å². The van der Waals surface area contributed by atoms with Crippen molar-refractivity contribution in [3.8, 4) is 0 Å². The van der Waals surface area contributed by atoms with Crippen LogP contribution in [-0.2, 0) is 0 Å². The molecule has 0 aromatic rings. The molecule has 0 aliphatic rings. The van der Waals surface area contributed by atoms with Crippen molar-refractivity contribution in [1.82, 2.24) is 5.32 Å². The van der Waals surface area contributed by atoms with Crippen molar-refractivity contribution in [2.24, 2.45) is 0 Å². The van der Waals surface area contributed by atoms with Crippen LogP contribution in [-0.4, -0.2) is 12.2 Å². The molecular weight excluding hydrogens is 114 g/mol. The van der Waals surface area contributed by atoms with Crippen LogP contribution in [0.15, 0.2) is 36.8 Å². The highest BCUT2D eigenvalue weighted by Crippen LogP contribution is 1.81. The number of hydrogen-bond donors (Lipinski definition) is 2. The molecule has 2 N–H and O–H groups in total. The Morgan fingerprint density at radius 2 is 2.22 bits per heavy atom. The summed E-state index contributed by atoms with van der Waals surface area (Å²) in [5.74, 6) is 0.146. The second-order valence-corrected chi connectivity index (χ2v) is 1.42. The number of hydrogen-bond acceptors (Lipinski definition) is 2. The number of aliphatic hydroxyl groups excluding tert-OH is 1. The van der Waals surface area contributed by atoms with Crippen molar-refractivity contribution in [1.29, 1.82) is 0 Å². The molecule has 0 fully saturated rings. The zero-order valence-electron chi connectivity index (χ0n) is 5.46. The van der Waals surface area contributed by atoms with Crippen molar-refractivity contribution < 1.29 is 5.11 Å². The molecule has 0 aromatic carbocycles. The Kier molecular flexibility index (Phi) is 4.32. The van der Waals surface area contributed by atoms with E-state index in [0.29, 0.717) is 0 Å². The summed E-state index contributed by atoms with van der Waals surface area (Å²) in [6.45, 7) is 3.47. The molecule has 50 valence electrons. The van der Waals surface area contributed by atoms with E-state index >= 15 is 0 Å². The molecule has 0 heterocycles. The first-order valence-corrected chi connectivity index (χ1v) is 2.67. The van der Waals surface area contributed by atoms with Crippen molar-refractivity contribution in [2.75, 3.05) is 7.05 Å². The Hall–Kier alpha value is -1.18. The first-order chi connectivity index (χ1) is 4.31. The van der Waals surface area contributed by atoms with E-state index in [-0.39, 0.29) is 5.88 Å². The Morgan fingerprint density at radius 1 is 1.56 bits per heavy atom. The molecule has 0 aromatic heterocycles. The van der Waals surface area contributed by atoms with E-state index in [9.17, 15) is 0 Å². The lowest BCUT2D eigenvalue weighted by Gasteiger charge is -1.91. The maximum absolute atomic E-state index is 8.75. The maximum atomic E-state index is 8.75. The summed E-state index contributed by atoms with van der Waals surface area (Å²) in [4.78, 5) is 0. The number of allylic oxidation sites excluding steroid dienone is 4. The smallest absolute Gasteiger partial charge is 0.183 e. The van der Waals surface area contributed by atoms with Crippen LogP contribution in [0.5, 0.6) is 0 Å². The van der Waals surface area contributed by atoms with Crippen LogP contribution >= 0.6 is 0 Å². The van der Waals surface area contributed by atoms with Gasteiger partial charge in [0.2, 0.25) is 0 Å². The first-order valence-electron chi connectivity index (χ1n) is 2.67. The fourth-order valence-electron chi connectivity index (χ4n) is 0.309. The molecule has 0 aliphatic heterocycles. The van der Waals surface area contributed by atoms with E-state index in [2.05, 4.69) is 11.9 Å². The normalized spacial score (nSPS) is 11.9. The number of rotatable bonds is 3. The van der Waals surface area contributed by atoms with Crippen LogP contribution in [0.25, 0.3) is 0 Å². The monoisotopic (exact) mass is 125 g/mol. The van der Waals surface area contributed by atoms with Gasteiger partial charge in [-0.15, -0.1) is 0 Å². The molecule has 0 bridgehead atoms. The summed E-state index contributed by atoms with van der Waals surface area (Å²) in [5, 5.41) is 11.3. The second kappa shape index (κ2) is 4.97. The predicted octanol–water partition coefficient (Wildman–Crippen LogP) is 1.35. The highest BCUT2D eigenvalue weighted by Gasteiger charge is 1.76. The van der Waals surface area contributed by atoms with E-state index in [1.165, 1.54) is 0 Å². The fraction of sp³-hybridized carbons (Fsp3) is 0.143. The van der Waals surface area contributed by atoms with Gasteiger partial charge in [0, 0.05) is 7.05 Å². The maximum Gasteiger partial charge on any atom is 0.183 e. The molecule has 0 amide bonds. The Labute approximate surface area is 55.2 Å². The minimum atomic E-state index is 0.146. The molecule has 0 saturated heterocycles.